The molecule has 4 nitrogen and oxygen atoms in total. The number of hydrogen-bond acceptors (Lipinski definition) is 4. The molecule has 2 unspecified atom stereocenters. The topological polar surface area (TPSA) is 69.9 Å². The van der Waals surface area contributed by atoms with Gasteiger partial charge in [0.15, 0.2) is 0 Å². The molecule has 0 amide bonds. The van der Waals surface area contributed by atoms with E-state index in [1.165, 1.54) is 12.1 Å². The first-order valence-electron chi connectivity index (χ1n) is 6.06. The van der Waals surface area contributed by atoms with Gasteiger partial charge >= 0.3 is 0 Å². The van der Waals surface area contributed by atoms with Crippen LogP contribution >= 0.6 is 0 Å². The molecule has 0 bridgehead atoms. The predicted molar refractivity (Wildman–Crippen MR) is 68.7 cm³/mol. The van der Waals surface area contributed by atoms with E-state index in [2.05, 4.69) is 0 Å². The van der Waals surface area contributed by atoms with Crippen molar-refractivity contribution >= 4 is 0 Å². The highest BCUT2D eigenvalue weighted by Gasteiger charge is 2.40. The van der Waals surface area contributed by atoms with Gasteiger partial charge in [0.1, 0.15) is 11.5 Å². The molecule has 0 aliphatic carbocycles. The molecule has 4 heteroatoms. The van der Waals surface area contributed by atoms with Crippen LogP contribution in [0.25, 0.3) is 0 Å². The van der Waals surface area contributed by atoms with Crippen molar-refractivity contribution < 1.29 is 20.1 Å². The highest BCUT2D eigenvalue weighted by molar-refractivity contribution is 5.44. The van der Waals surface area contributed by atoms with E-state index in [9.17, 15) is 15.3 Å². The first kappa shape index (κ1) is 12.0. The van der Waals surface area contributed by atoms with Gasteiger partial charge in [0, 0.05) is 23.6 Å². The van der Waals surface area contributed by atoms with E-state index in [1.807, 2.05) is 6.07 Å². The first-order valence-corrected chi connectivity index (χ1v) is 6.06. The molecule has 1 heterocycles. The molecule has 0 saturated carbocycles. The molecular weight excluding hydrogens is 244 g/mol. The highest BCUT2D eigenvalue weighted by Crippen LogP contribution is 2.44. The van der Waals surface area contributed by atoms with E-state index in [1.54, 1.807) is 30.3 Å². The maximum Gasteiger partial charge on any atom is 0.237 e. The van der Waals surface area contributed by atoms with Gasteiger partial charge in [-0.05, 0) is 12.1 Å². The van der Waals surface area contributed by atoms with Crippen molar-refractivity contribution in [3.63, 3.8) is 0 Å². The Morgan fingerprint density at radius 2 is 1.84 bits per heavy atom. The van der Waals surface area contributed by atoms with E-state index >= 15 is 0 Å². The van der Waals surface area contributed by atoms with Crippen molar-refractivity contribution in [2.24, 2.45) is 0 Å². The summed E-state index contributed by atoms with van der Waals surface area (Å²) in [7, 11) is 0. The molecule has 0 spiro atoms. The molecule has 0 radical (unpaired) electrons. The minimum absolute atomic E-state index is 0.0308. The van der Waals surface area contributed by atoms with E-state index < -0.39 is 11.9 Å². The summed E-state index contributed by atoms with van der Waals surface area (Å²) in [5, 5.41) is 30.2. The number of benzene rings is 2. The maximum absolute atomic E-state index is 10.6. The van der Waals surface area contributed by atoms with Gasteiger partial charge in [0.25, 0.3) is 0 Å². The van der Waals surface area contributed by atoms with Crippen LogP contribution in [0, 0.1) is 0 Å². The van der Waals surface area contributed by atoms with Crippen LogP contribution in [0.4, 0.5) is 0 Å². The fourth-order valence-electron chi connectivity index (χ4n) is 2.36. The van der Waals surface area contributed by atoms with Crippen LogP contribution in [0.1, 0.15) is 23.7 Å². The zero-order valence-corrected chi connectivity index (χ0v) is 10.2. The fourth-order valence-corrected chi connectivity index (χ4v) is 2.36. The average Bonchev–Trinajstić information content (AvgIpc) is 2.39. The molecule has 0 fully saturated rings. The summed E-state index contributed by atoms with van der Waals surface area (Å²) in [5.41, 5.74) is 1.14. The summed E-state index contributed by atoms with van der Waals surface area (Å²) in [6.45, 7) is 0. The zero-order chi connectivity index (χ0) is 13.5. The van der Waals surface area contributed by atoms with Crippen molar-refractivity contribution in [2.75, 3.05) is 0 Å². The van der Waals surface area contributed by atoms with Gasteiger partial charge in [-0.3, -0.25) is 0 Å². The minimum atomic E-state index is -1.58. The van der Waals surface area contributed by atoms with Crippen LogP contribution in [0.5, 0.6) is 11.5 Å². The number of phenolic OH excluding ortho intramolecular Hbond substituents is 1. The van der Waals surface area contributed by atoms with Gasteiger partial charge in [-0.1, -0.05) is 30.3 Å². The number of ether oxygens (including phenoxy) is 1. The van der Waals surface area contributed by atoms with Gasteiger partial charge in [-0.15, -0.1) is 0 Å². The number of aliphatic hydroxyl groups is 2. The first-order chi connectivity index (χ1) is 9.08. The molecule has 19 heavy (non-hydrogen) atoms. The Balaban J connectivity index is 2.05. The lowest BCUT2D eigenvalue weighted by Gasteiger charge is -2.36. The highest BCUT2D eigenvalue weighted by atomic mass is 16.6. The SMILES string of the molecule is Oc1ccc2c(c1)OC(O)(c1ccccc1)CC2O. The molecule has 2 atom stereocenters. The third kappa shape index (κ3) is 2.05. The Bertz CT molecular complexity index is 596. The van der Waals surface area contributed by atoms with Crippen LogP contribution in [-0.2, 0) is 5.79 Å². The number of fused-ring (bicyclic) bond motifs is 1. The smallest absolute Gasteiger partial charge is 0.237 e. The molecule has 3 N–H and O–H groups in total. The van der Waals surface area contributed by atoms with Crippen LogP contribution in [0.3, 0.4) is 0 Å². The standard InChI is InChI=1S/C15H14O4/c16-11-6-7-12-13(17)9-15(18,19-14(12)8-11)10-4-2-1-3-5-10/h1-8,13,16-18H,9H2. The number of aromatic hydroxyl groups is 1. The molecule has 1 aliphatic heterocycles. The largest absolute Gasteiger partial charge is 0.508 e. The Hall–Kier alpha value is -2.04. The van der Waals surface area contributed by atoms with Crippen LogP contribution < -0.4 is 4.74 Å². The monoisotopic (exact) mass is 258 g/mol. The van der Waals surface area contributed by atoms with E-state index in [-0.39, 0.29) is 12.2 Å². The van der Waals surface area contributed by atoms with Gasteiger partial charge < -0.3 is 20.1 Å². The summed E-state index contributed by atoms with van der Waals surface area (Å²) in [6.07, 6.45) is -0.788. The second-order valence-corrected chi connectivity index (χ2v) is 4.69. The lowest BCUT2D eigenvalue weighted by molar-refractivity contribution is -0.181. The lowest BCUT2D eigenvalue weighted by atomic mass is 9.92. The van der Waals surface area contributed by atoms with Gasteiger partial charge in [0.2, 0.25) is 5.79 Å². The molecule has 98 valence electrons. The molecular formula is C15H14O4. The van der Waals surface area contributed by atoms with Crippen LogP contribution in [0.15, 0.2) is 48.5 Å². The summed E-state index contributed by atoms with van der Waals surface area (Å²) < 4.78 is 5.59. The molecule has 0 aromatic heterocycles. The number of phenols is 1. The van der Waals surface area contributed by atoms with Crippen molar-refractivity contribution in [1.29, 1.82) is 0 Å². The normalized spacial score (nSPS) is 25.5. The van der Waals surface area contributed by atoms with E-state index in [0.717, 1.165) is 0 Å². The van der Waals surface area contributed by atoms with Crippen molar-refractivity contribution in [3.8, 4) is 11.5 Å². The van der Waals surface area contributed by atoms with Crippen LogP contribution in [0.2, 0.25) is 0 Å². The third-order valence-corrected chi connectivity index (χ3v) is 3.33. The quantitative estimate of drug-likeness (QED) is 0.732. The molecule has 1 aliphatic rings. The van der Waals surface area contributed by atoms with Gasteiger partial charge in [0.05, 0.1) is 6.10 Å². The summed E-state index contributed by atoms with van der Waals surface area (Å²) in [5.74, 6) is -1.25. The Morgan fingerprint density at radius 3 is 2.58 bits per heavy atom. The Morgan fingerprint density at radius 1 is 1.11 bits per heavy atom. The second-order valence-electron chi connectivity index (χ2n) is 4.69. The molecule has 3 rings (SSSR count). The minimum Gasteiger partial charge on any atom is -0.508 e. The summed E-state index contributed by atoms with van der Waals surface area (Å²) >= 11 is 0. The zero-order valence-electron chi connectivity index (χ0n) is 10.2. The summed E-state index contributed by atoms with van der Waals surface area (Å²) in [4.78, 5) is 0. The van der Waals surface area contributed by atoms with Gasteiger partial charge in [-0.2, -0.15) is 0 Å². The second kappa shape index (κ2) is 4.26. The van der Waals surface area contributed by atoms with E-state index in [0.29, 0.717) is 16.9 Å². The van der Waals surface area contributed by atoms with Gasteiger partial charge in [-0.25, -0.2) is 0 Å². The average molecular weight is 258 g/mol. The van der Waals surface area contributed by atoms with Crippen molar-refractivity contribution in [3.05, 3.63) is 59.7 Å². The van der Waals surface area contributed by atoms with Crippen molar-refractivity contribution in [2.45, 2.75) is 18.3 Å². The Labute approximate surface area is 110 Å². The fraction of sp³-hybridized carbons (Fsp3) is 0.200. The summed E-state index contributed by atoms with van der Waals surface area (Å²) in [6, 6.07) is 13.4. The predicted octanol–water partition coefficient (Wildman–Crippen LogP) is 2.05. The lowest BCUT2D eigenvalue weighted by Crippen LogP contribution is -2.38. The Kier molecular flexibility index (Phi) is 2.69. The van der Waals surface area contributed by atoms with E-state index in [4.69, 9.17) is 4.74 Å². The van der Waals surface area contributed by atoms with Crippen molar-refractivity contribution in [1.82, 2.24) is 0 Å². The molecule has 2 aromatic rings. The van der Waals surface area contributed by atoms with Crippen LogP contribution in [-0.4, -0.2) is 15.3 Å². The maximum atomic E-state index is 10.6. The number of rotatable bonds is 1. The number of hydrogen-bond donors (Lipinski definition) is 3. The number of aliphatic hydroxyl groups excluding tert-OH is 1. The third-order valence-electron chi connectivity index (χ3n) is 3.33. The molecule has 2 aromatic carbocycles. The molecule has 0 saturated heterocycles.